The molecule has 0 aliphatic rings. The van der Waals surface area contributed by atoms with Gasteiger partial charge in [-0.05, 0) is 19.1 Å². The van der Waals surface area contributed by atoms with Gasteiger partial charge in [0, 0.05) is 11.8 Å². The molecule has 0 spiro atoms. The molecular formula is C11H12F3NO3. The lowest BCUT2D eigenvalue weighted by molar-refractivity contribution is -0.153. The molecule has 0 radical (unpaired) electrons. The fourth-order valence-corrected chi connectivity index (χ4v) is 1.20. The van der Waals surface area contributed by atoms with Crippen LogP contribution in [0.4, 0.5) is 18.9 Å². The summed E-state index contributed by atoms with van der Waals surface area (Å²) in [5, 5.41) is 0. The van der Waals surface area contributed by atoms with Crippen LogP contribution in [0.15, 0.2) is 18.2 Å². The molecule has 1 aromatic carbocycles. The van der Waals surface area contributed by atoms with Crippen LogP contribution in [-0.4, -0.2) is 25.4 Å². The van der Waals surface area contributed by atoms with Gasteiger partial charge in [-0.15, -0.1) is 0 Å². The van der Waals surface area contributed by atoms with E-state index in [1.807, 2.05) is 0 Å². The minimum atomic E-state index is -4.45. The van der Waals surface area contributed by atoms with Gasteiger partial charge in [-0.3, -0.25) is 0 Å². The van der Waals surface area contributed by atoms with Gasteiger partial charge in [-0.25, -0.2) is 4.79 Å². The predicted molar refractivity (Wildman–Crippen MR) is 58.4 cm³/mol. The summed E-state index contributed by atoms with van der Waals surface area (Å²) in [5.41, 5.74) is 5.64. The second-order valence-corrected chi connectivity index (χ2v) is 3.42. The molecule has 2 N–H and O–H groups in total. The highest BCUT2D eigenvalue weighted by molar-refractivity contribution is 5.91. The van der Waals surface area contributed by atoms with Gasteiger partial charge >= 0.3 is 12.1 Å². The standard InChI is InChI=1S/C11H12F3NO3/c1-2-17-10(16)7-3-8(15)5-9(4-7)18-6-11(12,13)14/h3-5H,2,6,15H2,1H3. The molecule has 0 saturated heterocycles. The lowest BCUT2D eigenvalue weighted by Gasteiger charge is -2.11. The molecule has 0 bridgehead atoms. The minimum absolute atomic E-state index is 0.0500. The van der Waals surface area contributed by atoms with Crippen molar-refractivity contribution in [3.63, 3.8) is 0 Å². The van der Waals surface area contributed by atoms with Crippen LogP contribution in [0.2, 0.25) is 0 Å². The van der Waals surface area contributed by atoms with Gasteiger partial charge in [0.05, 0.1) is 12.2 Å². The van der Waals surface area contributed by atoms with Crippen LogP contribution in [0.25, 0.3) is 0 Å². The maximum atomic E-state index is 12.0. The molecule has 7 heteroatoms. The minimum Gasteiger partial charge on any atom is -0.484 e. The largest absolute Gasteiger partial charge is 0.484 e. The van der Waals surface area contributed by atoms with E-state index in [0.717, 1.165) is 6.07 Å². The van der Waals surface area contributed by atoms with Crippen molar-refractivity contribution < 1.29 is 27.4 Å². The van der Waals surface area contributed by atoms with E-state index in [1.165, 1.54) is 12.1 Å². The molecule has 0 amide bonds. The van der Waals surface area contributed by atoms with Gasteiger partial charge in [0.2, 0.25) is 0 Å². The first-order valence-corrected chi connectivity index (χ1v) is 5.09. The summed E-state index contributed by atoms with van der Waals surface area (Å²) in [6.45, 7) is 0.330. The molecule has 18 heavy (non-hydrogen) atoms. The summed E-state index contributed by atoms with van der Waals surface area (Å²) in [5.74, 6) is -0.794. The van der Waals surface area contributed by atoms with Crippen molar-refractivity contribution in [2.24, 2.45) is 0 Å². The molecule has 4 nitrogen and oxygen atoms in total. The third-order valence-electron chi connectivity index (χ3n) is 1.84. The number of anilines is 1. The highest BCUT2D eigenvalue weighted by Gasteiger charge is 2.28. The van der Waals surface area contributed by atoms with Crippen LogP contribution in [0.1, 0.15) is 17.3 Å². The molecule has 0 aromatic heterocycles. The molecule has 0 heterocycles. The van der Waals surface area contributed by atoms with Gasteiger partial charge < -0.3 is 15.2 Å². The highest BCUT2D eigenvalue weighted by atomic mass is 19.4. The SMILES string of the molecule is CCOC(=O)c1cc(N)cc(OCC(F)(F)F)c1. The molecule has 0 fully saturated rings. The lowest BCUT2D eigenvalue weighted by atomic mass is 10.2. The number of carbonyl (C=O) groups is 1. The molecular weight excluding hydrogens is 251 g/mol. The summed E-state index contributed by atoms with van der Waals surface area (Å²) >= 11 is 0. The number of rotatable bonds is 4. The van der Waals surface area contributed by atoms with E-state index < -0.39 is 18.8 Å². The van der Waals surface area contributed by atoms with Gasteiger partial charge in [-0.2, -0.15) is 13.2 Å². The third-order valence-corrected chi connectivity index (χ3v) is 1.84. The van der Waals surface area contributed by atoms with E-state index in [0.29, 0.717) is 0 Å². The maximum absolute atomic E-state index is 12.0. The number of benzene rings is 1. The van der Waals surface area contributed by atoms with Gasteiger partial charge in [-0.1, -0.05) is 0 Å². The molecule has 0 aliphatic heterocycles. The Hall–Kier alpha value is -1.92. The van der Waals surface area contributed by atoms with Crippen molar-refractivity contribution in [3.05, 3.63) is 23.8 Å². The second-order valence-electron chi connectivity index (χ2n) is 3.42. The zero-order valence-electron chi connectivity index (χ0n) is 9.58. The Kier molecular flexibility index (Phi) is 4.41. The average Bonchev–Trinajstić information content (AvgIpc) is 2.25. The third kappa shape index (κ3) is 4.52. The Balaban J connectivity index is 2.84. The number of carbonyl (C=O) groups excluding carboxylic acids is 1. The van der Waals surface area contributed by atoms with Gasteiger partial charge in [0.1, 0.15) is 5.75 Å². The summed E-state index contributed by atoms with van der Waals surface area (Å²) in [6.07, 6.45) is -4.45. The highest BCUT2D eigenvalue weighted by Crippen LogP contribution is 2.22. The first-order chi connectivity index (χ1) is 8.31. The molecule has 1 aromatic rings. The smallest absolute Gasteiger partial charge is 0.422 e. The first kappa shape index (κ1) is 14.1. The van der Waals surface area contributed by atoms with Crippen LogP contribution < -0.4 is 10.5 Å². The number of alkyl halides is 3. The van der Waals surface area contributed by atoms with E-state index in [-0.39, 0.29) is 23.6 Å². The van der Waals surface area contributed by atoms with Crippen molar-refractivity contribution in [2.45, 2.75) is 13.1 Å². The Morgan fingerprint density at radius 3 is 2.56 bits per heavy atom. The average molecular weight is 263 g/mol. The Morgan fingerprint density at radius 2 is 2.00 bits per heavy atom. The molecule has 0 saturated carbocycles. The lowest BCUT2D eigenvalue weighted by Crippen LogP contribution is -2.19. The van der Waals surface area contributed by atoms with Crippen LogP contribution in [0.5, 0.6) is 5.75 Å². The second kappa shape index (κ2) is 5.61. The molecule has 1 rings (SSSR count). The zero-order valence-corrected chi connectivity index (χ0v) is 9.58. The van der Waals surface area contributed by atoms with E-state index in [9.17, 15) is 18.0 Å². The number of hydrogen-bond acceptors (Lipinski definition) is 4. The van der Waals surface area contributed by atoms with Crippen molar-refractivity contribution in [2.75, 3.05) is 18.9 Å². The summed E-state index contributed by atoms with van der Waals surface area (Å²) < 4.78 is 45.1. The topological polar surface area (TPSA) is 61.5 Å². The molecule has 0 atom stereocenters. The maximum Gasteiger partial charge on any atom is 0.422 e. The van der Waals surface area contributed by atoms with Crippen molar-refractivity contribution in [1.82, 2.24) is 0 Å². The summed E-state index contributed by atoms with van der Waals surface area (Å²) in [6, 6.07) is 3.66. The zero-order chi connectivity index (χ0) is 13.8. The molecule has 0 unspecified atom stereocenters. The fraction of sp³-hybridized carbons (Fsp3) is 0.364. The van der Waals surface area contributed by atoms with Crippen molar-refractivity contribution in [3.8, 4) is 5.75 Å². The first-order valence-electron chi connectivity index (χ1n) is 5.09. The normalized spacial score (nSPS) is 11.1. The summed E-state index contributed by atoms with van der Waals surface area (Å²) in [7, 11) is 0. The Morgan fingerprint density at radius 1 is 1.33 bits per heavy atom. The number of nitrogens with two attached hydrogens (primary N) is 1. The van der Waals surface area contributed by atoms with Crippen LogP contribution in [-0.2, 0) is 4.74 Å². The quantitative estimate of drug-likeness (QED) is 0.669. The number of halogens is 3. The number of esters is 1. The fourth-order valence-electron chi connectivity index (χ4n) is 1.20. The Bertz CT molecular complexity index is 432. The number of nitrogen functional groups attached to an aromatic ring is 1. The monoisotopic (exact) mass is 263 g/mol. The van der Waals surface area contributed by atoms with Crippen LogP contribution >= 0.6 is 0 Å². The Labute approximate surface area is 101 Å². The van der Waals surface area contributed by atoms with Crippen molar-refractivity contribution >= 4 is 11.7 Å². The van der Waals surface area contributed by atoms with Gasteiger partial charge in [0.25, 0.3) is 0 Å². The number of hydrogen-bond donors (Lipinski definition) is 1. The van der Waals surface area contributed by atoms with E-state index in [2.05, 4.69) is 4.74 Å². The van der Waals surface area contributed by atoms with Crippen LogP contribution in [0, 0.1) is 0 Å². The number of ether oxygens (including phenoxy) is 2. The molecule has 0 aliphatic carbocycles. The van der Waals surface area contributed by atoms with E-state index in [1.54, 1.807) is 6.92 Å². The van der Waals surface area contributed by atoms with E-state index in [4.69, 9.17) is 10.5 Å². The molecule has 100 valence electrons. The van der Waals surface area contributed by atoms with Crippen LogP contribution in [0.3, 0.4) is 0 Å². The van der Waals surface area contributed by atoms with Crippen molar-refractivity contribution in [1.29, 1.82) is 0 Å². The summed E-state index contributed by atoms with van der Waals surface area (Å²) in [4.78, 5) is 11.4. The predicted octanol–water partition coefficient (Wildman–Crippen LogP) is 2.39. The van der Waals surface area contributed by atoms with E-state index >= 15 is 0 Å². The van der Waals surface area contributed by atoms with Gasteiger partial charge in [0.15, 0.2) is 6.61 Å².